The van der Waals surface area contributed by atoms with Gasteiger partial charge in [0.2, 0.25) is 5.91 Å². The zero-order valence-corrected chi connectivity index (χ0v) is 12.9. The van der Waals surface area contributed by atoms with Gasteiger partial charge in [-0.2, -0.15) is 0 Å². The normalized spacial score (nSPS) is 10.0. The van der Waals surface area contributed by atoms with E-state index in [1.54, 1.807) is 4.68 Å². The summed E-state index contributed by atoms with van der Waals surface area (Å²) in [6.45, 7) is 3.32. The smallest absolute Gasteiger partial charge is 0.225 e. The highest BCUT2D eigenvalue weighted by Gasteiger charge is 2.09. The van der Waals surface area contributed by atoms with Crippen molar-refractivity contribution in [2.75, 3.05) is 18.9 Å². The maximum atomic E-state index is 11.7. The van der Waals surface area contributed by atoms with E-state index in [2.05, 4.69) is 26.2 Å². The largest absolute Gasteiger partial charge is 0.326 e. The molecule has 2 N–H and O–H groups in total. The van der Waals surface area contributed by atoms with Gasteiger partial charge in [0.1, 0.15) is 0 Å². The van der Waals surface area contributed by atoms with Gasteiger partial charge in [-0.05, 0) is 36.5 Å². The summed E-state index contributed by atoms with van der Waals surface area (Å²) >= 11 is 0. The lowest BCUT2D eigenvalue weighted by molar-refractivity contribution is -0.116. The van der Waals surface area contributed by atoms with Gasteiger partial charge in [0.15, 0.2) is 5.82 Å². The van der Waals surface area contributed by atoms with Crippen molar-refractivity contribution in [3.05, 3.63) is 24.3 Å². The molecule has 0 aliphatic carbocycles. The first-order chi connectivity index (χ1) is 9.74. The van der Waals surface area contributed by atoms with Crippen LogP contribution in [0.15, 0.2) is 24.3 Å². The van der Waals surface area contributed by atoms with Gasteiger partial charge in [-0.1, -0.05) is 12.1 Å². The summed E-state index contributed by atoms with van der Waals surface area (Å²) in [6, 6.07) is 7.51. The molecule has 0 fully saturated rings. The molecule has 0 saturated carbocycles. The number of hydrogen-bond donors (Lipinski definition) is 2. The van der Waals surface area contributed by atoms with Crippen LogP contribution < -0.4 is 10.6 Å². The zero-order chi connectivity index (χ0) is 14.4. The van der Waals surface area contributed by atoms with Gasteiger partial charge < -0.3 is 10.6 Å². The van der Waals surface area contributed by atoms with Crippen molar-refractivity contribution in [3.63, 3.8) is 0 Å². The minimum Gasteiger partial charge on any atom is -0.326 e. The highest BCUT2D eigenvalue weighted by atomic mass is 35.5. The summed E-state index contributed by atoms with van der Waals surface area (Å²) < 4.78 is 1.71. The topological polar surface area (TPSA) is 84.7 Å². The van der Waals surface area contributed by atoms with E-state index in [1.807, 2.05) is 38.2 Å². The molecule has 1 heterocycles. The summed E-state index contributed by atoms with van der Waals surface area (Å²) in [5.74, 6) is 0.672. The van der Waals surface area contributed by atoms with E-state index >= 15 is 0 Å². The maximum absolute atomic E-state index is 11.7. The number of halogens is 1. The second-order valence-corrected chi connectivity index (χ2v) is 4.30. The second kappa shape index (κ2) is 8.33. The van der Waals surface area contributed by atoms with Crippen LogP contribution in [0.3, 0.4) is 0 Å². The molecule has 0 radical (unpaired) electrons. The predicted molar refractivity (Wildman–Crippen MR) is 83.3 cm³/mol. The van der Waals surface area contributed by atoms with Gasteiger partial charge >= 0.3 is 0 Å². The molecule has 0 spiro atoms. The highest BCUT2D eigenvalue weighted by Crippen LogP contribution is 2.20. The third kappa shape index (κ3) is 4.51. The van der Waals surface area contributed by atoms with Crippen LogP contribution in [-0.2, 0) is 11.3 Å². The number of nitrogens with zero attached hydrogens (tertiary/aromatic N) is 4. The standard InChI is InChI=1S/C13H18N6O.ClH/c1-3-19-13(16-17-18-19)10-5-4-6-11(9-10)15-12(20)7-8-14-2;/h4-6,9,14H,3,7-8H2,1-2H3,(H,15,20);1H. The molecule has 1 aromatic heterocycles. The molecular weight excluding hydrogens is 292 g/mol. The number of carbonyl (C=O) groups is 1. The van der Waals surface area contributed by atoms with Gasteiger partial charge in [-0.25, -0.2) is 4.68 Å². The first-order valence-corrected chi connectivity index (χ1v) is 6.55. The van der Waals surface area contributed by atoms with E-state index in [1.165, 1.54) is 0 Å². The summed E-state index contributed by atoms with van der Waals surface area (Å²) in [7, 11) is 1.82. The van der Waals surface area contributed by atoms with E-state index in [-0.39, 0.29) is 18.3 Å². The molecule has 8 heteroatoms. The summed E-state index contributed by atoms with van der Waals surface area (Å²) in [4.78, 5) is 11.7. The Morgan fingerprint density at radius 3 is 2.90 bits per heavy atom. The average Bonchev–Trinajstić information content (AvgIpc) is 2.94. The Morgan fingerprint density at radius 2 is 2.19 bits per heavy atom. The van der Waals surface area contributed by atoms with Crippen LogP contribution in [0.1, 0.15) is 13.3 Å². The van der Waals surface area contributed by atoms with Crippen LogP contribution in [0.5, 0.6) is 0 Å². The van der Waals surface area contributed by atoms with Crippen LogP contribution in [0, 0.1) is 0 Å². The van der Waals surface area contributed by atoms with Gasteiger partial charge in [-0.15, -0.1) is 17.5 Å². The van der Waals surface area contributed by atoms with E-state index in [0.29, 0.717) is 25.3 Å². The van der Waals surface area contributed by atoms with E-state index in [4.69, 9.17) is 0 Å². The number of aromatic nitrogens is 4. The van der Waals surface area contributed by atoms with Crippen LogP contribution in [-0.4, -0.2) is 39.7 Å². The van der Waals surface area contributed by atoms with Crippen LogP contribution in [0.25, 0.3) is 11.4 Å². The highest BCUT2D eigenvalue weighted by molar-refractivity contribution is 5.91. The Kier molecular flexibility index (Phi) is 6.77. The third-order valence-corrected chi connectivity index (χ3v) is 2.84. The van der Waals surface area contributed by atoms with Gasteiger partial charge in [0, 0.05) is 30.8 Å². The zero-order valence-electron chi connectivity index (χ0n) is 12.0. The molecule has 0 aliphatic heterocycles. The SMILES string of the molecule is CCn1nnnc1-c1cccc(NC(=O)CCNC)c1.Cl. The lowest BCUT2D eigenvalue weighted by Crippen LogP contribution is -2.18. The molecular formula is C13H19ClN6O. The Hall–Kier alpha value is -1.99. The number of rotatable bonds is 6. The van der Waals surface area contributed by atoms with Gasteiger partial charge in [0.05, 0.1) is 0 Å². The fourth-order valence-electron chi connectivity index (χ4n) is 1.82. The second-order valence-electron chi connectivity index (χ2n) is 4.30. The molecule has 2 rings (SSSR count). The minimum atomic E-state index is -0.0217. The summed E-state index contributed by atoms with van der Waals surface area (Å²) in [5.41, 5.74) is 1.62. The molecule has 1 aromatic carbocycles. The van der Waals surface area contributed by atoms with Crippen molar-refractivity contribution in [2.24, 2.45) is 0 Å². The van der Waals surface area contributed by atoms with Gasteiger partial charge in [-0.3, -0.25) is 4.79 Å². The maximum Gasteiger partial charge on any atom is 0.225 e. The Labute approximate surface area is 129 Å². The molecule has 2 aromatic rings. The molecule has 0 atom stereocenters. The summed E-state index contributed by atoms with van der Waals surface area (Å²) in [5, 5.41) is 17.4. The van der Waals surface area contributed by atoms with Crippen molar-refractivity contribution in [2.45, 2.75) is 19.9 Å². The fourth-order valence-corrected chi connectivity index (χ4v) is 1.82. The molecule has 0 bridgehead atoms. The first kappa shape index (κ1) is 17.1. The number of nitrogens with one attached hydrogen (secondary N) is 2. The third-order valence-electron chi connectivity index (χ3n) is 2.84. The molecule has 21 heavy (non-hydrogen) atoms. The number of aryl methyl sites for hydroxylation is 1. The molecule has 0 unspecified atom stereocenters. The number of benzene rings is 1. The van der Waals surface area contributed by atoms with Gasteiger partial charge in [0.25, 0.3) is 0 Å². The number of anilines is 1. The Morgan fingerprint density at radius 1 is 1.38 bits per heavy atom. The quantitative estimate of drug-likeness (QED) is 0.841. The summed E-state index contributed by atoms with van der Waals surface area (Å²) in [6.07, 6.45) is 0.438. The van der Waals surface area contributed by atoms with Crippen molar-refractivity contribution in [3.8, 4) is 11.4 Å². The average molecular weight is 311 g/mol. The fraction of sp³-hybridized carbons (Fsp3) is 0.385. The van der Waals surface area contributed by atoms with E-state index in [9.17, 15) is 4.79 Å². The number of tetrazole rings is 1. The molecule has 114 valence electrons. The van der Waals surface area contributed by atoms with Crippen LogP contribution in [0.4, 0.5) is 5.69 Å². The van der Waals surface area contributed by atoms with Crippen LogP contribution >= 0.6 is 12.4 Å². The van der Waals surface area contributed by atoms with E-state index in [0.717, 1.165) is 11.3 Å². The lowest BCUT2D eigenvalue weighted by atomic mass is 10.2. The lowest BCUT2D eigenvalue weighted by Gasteiger charge is -2.07. The Bertz CT molecular complexity index is 586. The molecule has 1 amide bonds. The van der Waals surface area contributed by atoms with E-state index < -0.39 is 0 Å². The van der Waals surface area contributed by atoms with Crippen LogP contribution in [0.2, 0.25) is 0 Å². The molecule has 0 saturated heterocycles. The monoisotopic (exact) mass is 310 g/mol. The molecule has 0 aliphatic rings. The Balaban J connectivity index is 0.00000220. The van der Waals surface area contributed by atoms with Crippen molar-refractivity contribution < 1.29 is 4.79 Å². The number of carbonyl (C=O) groups excluding carboxylic acids is 1. The van der Waals surface area contributed by atoms with Crippen molar-refractivity contribution >= 4 is 24.0 Å². The first-order valence-electron chi connectivity index (χ1n) is 6.55. The minimum absolute atomic E-state index is 0. The number of amides is 1. The van der Waals surface area contributed by atoms with Crippen molar-refractivity contribution in [1.82, 2.24) is 25.5 Å². The molecule has 7 nitrogen and oxygen atoms in total. The predicted octanol–water partition coefficient (Wildman–Crippen LogP) is 1.33. The number of hydrogen-bond acceptors (Lipinski definition) is 5. The van der Waals surface area contributed by atoms with Crippen molar-refractivity contribution in [1.29, 1.82) is 0 Å².